The van der Waals surface area contributed by atoms with Crippen LogP contribution in [0, 0.1) is 11.7 Å². The van der Waals surface area contributed by atoms with Gasteiger partial charge in [-0.25, -0.2) is 4.39 Å². The zero-order chi connectivity index (χ0) is 29.6. The molecule has 0 spiro atoms. The number of carbonyl (C=O) groups excluding carboxylic acids is 1. The predicted molar refractivity (Wildman–Crippen MR) is 161 cm³/mol. The maximum absolute atomic E-state index is 14.9. The van der Waals surface area contributed by atoms with Crippen molar-refractivity contribution < 1.29 is 18.1 Å². The van der Waals surface area contributed by atoms with Gasteiger partial charge in [-0.05, 0) is 0 Å². The van der Waals surface area contributed by atoms with Crippen LogP contribution in [0.5, 0.6) is 0 Å². The summed E-state index contributed by atoms with van der Waals surface area (Å²) in [6.07, 6.45) is 5.83. The molecule has 0 fully saturated rings. The molecule has 211 valence electrons. The topological polar surface area (TPSA) is 20.3 Å². The maximum atomic E-state index is 14.9. The van der Waals surface area contributed by atoms with Crippen molar-refractivity contribution in [2.24, 2.45) is 5.92 Å². The summed E-state index contributed by atoms with van der Waals surface area (Å²) < 4.78 is 28.6. The standard InChI is InChI=1S/C26H33BF2N2O.3C2H6/c1-17(2)7-12-23(20-8-10-21(28)11-9-20)25-19(4)18(3)15-22-16-24(26(32)31(22,25)5)30(29)14-6-13-27;3*1-2/h8-11,13,15-17,23,25H,6-7,12,14H2,1-5H3;3*1-2H3/q+1;;;. The average Bonchev–Trinajstić information content (AvgIpc) is 3.19. The molecule has 0 aliphatic carbocycles. The molecule has 2 aliphatic rings. The van der Waals surface area contributed by atoms with Crippen molar-refractivity contribution in [2.75, 3.05) is 13.6 Å². The normalized spacial score (nSPS) is 20.4. The van der Waals surface area contributed by atoms with Gasteiger partial charge in [0.15, 0.2) is 0 Å². The molecule has 2 aliphatic heterocycles. The van der Waals surface area contributed by atoms with E-state index in [1.54, 1.807) is 6.08 Å². The summed E-state index contributed by atoms with van der Waals surface area (Å²) in [5, 5.41) is 0.511. The van der Waals surface area contributed by atoms with Crippen LogP contribution >= 0.6 is 0 Å². The first-order valence-electron chi connectivity index (χ1n) is 14.4. The molecule has 2 heterocycles. The predicted octanol–water partition coefficient (Wildman–Crippen LogP) is 8.44. The van der Waals surface area contributed by atoms with Crippen LogP contribution in [0.4, 0.5) is 8.87 Å². The van der Waals surface area contributed by atoms with Crippen molar-refractivity contribution in [2.45, 2.75) is 100 Å². The number of carbonyl (C=O) groups is 1. The van der Waals surface area contributed by atoms with Crippen molar-refractivity contribution >= 4 is 19.4 Å². The van der Waals surface area contributed by atoms with E-state index in [1.807, 2.05) is 73.7 Å². The Balaban J connectivity index is 0.00000213. The molecule has 1 amide bonds. The van der Waals surface area contributed by atoms with Gasteiger partial charge < -0.3 is 0 Å². The van der Waals surface area contributed by atoms with Crippen molar-refractivity contribution in [3.63, 3.8) is 0 Å². The SMILES string of the molecule is CC.CC.CC.[B]=CCCN(F)C1=CC2=CC(C)=C(C)C(C(CCC(C)C)c3ccc(F)cc3)[N+]2(C)C1=O. The van der Waals surface area contributed by atoms with Crippen molar-refractivity contribution in [3.8, 4) is 0 Å². The summed E-state index contributed by atoms with van der Waals surface area (Å²) in [7, 11) is 7.29. The Morgan fingerprint density at radius 2 is 1.55 bits per heavy atom. The number of quaternary nitrogens is 1. The molecule has 0 saturated carbocycles. The minimum atomic E-state index is -0.282. The number of likely N-dealkylation sites (N-methyl/N-ethyl adjacent to an activating group) is 1. The zero-order valence-corrected chi connectivity index (χ0v) is 25.7. The summed E-state index contributed by atoms with van der Waals surface area (Å²) >= 11 is 0. The number of benzene rings is 1. The second-order valence-electron chi connectivity index (χ2n) is 9.53. The fraction of sp³-hybridized carbons (Fsp3) is 0.562. The molecule has 1 radical (unpaired) electrons. The third-order valence-corrected chi connectivity index (χ3v) is 6.94. The molecule has 0 N–H and O–H groups in total. The molecule has 0 saturated heterocycles. The monoisotopic (exact) mass is 528 g/mol. The third kappa shape index (κ3) is 8.08. The molecule has 38 heavy (non-hydrogen) atoms. The van der Waals surface area contributed by atoms with Crippen LogP contribution in [-0.4, -0.2) is 48.6 Å². The molecular formula is C32H51BF2N2O+. The van der Waals surface area contributed by atoms with E-state index in [2.05, 4.69) is 20.8 Å². The van der Waals surface area contributed by atoms with Gasteiger partial charge in [-0.2, -0.15) is 0 Å². The molecule has 3 unspecified atom stereocenters. The van der Waals surface area contributed by atoms with Gasteiger partial charge in [-0.1, -0.05) is 55.4 Å². The van der Waals surface area contributed by atoms with Crippen LogP contribution in [0.15, 0.2) is 59.0 Å². The van der Waals surface area contributed by atoms with E-state index in [4.69, 9.17) is 7.49 Å². The van der Waals surface area contributed by atoms with Gasteiger partial charge >= 0.3 is 167 Å². The molecule has 3 atom stereocenters. The van der Waals surface area contributed by atoms with Crippen LogP contribution in [0.25, 0.3) is 0 Å². The van der Waals surface area contributed by atoms with Crippen LogP contribution < -0.4 is 0 Å². The van der Waals surface area contributed by atoms with Gasteiger partial charge in [0.25, 0.3) is 0 Å². The summed E-state index contributed by atoms with van der Waals surface area (Å²) in [4.78, 5) is 13.7. The molecular weight excluding hydrogens is 477 g/mol. The molecule has 1 aromatic carbocycles. The number of hydrogen-bond donors (Lipinski definition) is 0. The fourth-order valence-electron chi connectivity index (χ4n) is 4.98. The number of hydrogen-bond acceptors (Lipinski definition) is 2. The zero-order valence-electron chi connectivity index (χ0n) is 25.7. The Hall–Kier alpha value is -2.34. The molecule has 1 aromatic rings. The van der Waals surface area contributed by atoms with Gasteiger partial charge in [0.2, 0.25) is 0 Å². The van der Waals surface area contributed by atoms with E-state index in [1.165, 1.54) is 18.1 Å². The summed E-state index contributed by atoms with van der Waals surface area (Å²) in [6, 6.07) is 6.40. The minimum absolute atomic E-state index is 0.00853. The van der Waals surface area contributed by atoms with Crippen LogP contribution in [-0.2, 0) is 4.79 Å². The van der Waals surface area contributed by atoms with Crippen molar-refractivity contribution in [1.82, 2.24) is 5.12 Å². The number of fused-ring (bicyclic) bond motifs is 1. The Morgan fingerprint density at radius 3 is 2.05 bits per heavy atom. The number of nitrogens with zero attached hydrogens (tertiary/aromatic N) is 2. The van der Waals surface area contributed by atoms with Crippen LogP contribution in [0.3, 0.4) is 0 Å². The summed E-state index contributed by atoms with van der Waals surface area (Å²) in [6.45, 7) is 20.5. The van der Waals surface area contributed by atoms with E-state index < -0.39 is 0 Å². The van der Waals surface area contributed by atoms with E-state index in [0.29, 0.717) is 17.5 Å². The first kappa shape index (κ1) is 35.7. The van der Waals surface area contributed by atoms with Gasteiger partial charge in [-0.15, -0.1) is 0 Å². The Morgan fingerprint density at radius 1 is 1.00 bits per heavy atom. The van der Waals surface area contributed by atoms with Crippen molar-refractivity contribution in [3.05, 3.63) is 70.3 Å². The van der Waals surface area contributed by atoms with Gasteiger partial charge in [-0.3, -0.25) is 0 Å². The molecule has 6 heteroatoms. The average molecular weight is 529 g/mol. The number of allylic oxidation sites excluding steroid dienone is 3. The third-order valence-electron chi connectivity index (χ3n) is 6.94. The van der Waals surface area contributed by atoms with Gasteiger partial charge in [0, 0.05) is 0 Å². The second kappa shape index (κ2) is 17.3. The fourth-order valence-corrected chi connectivity index (χ4v) is 4.98. The van der Waals surface area contributed by atoms with Crippen LogP contribution in [0.2, 0.25) is 0 Å². The van der Waals surface area contributed by atoms with Crippen molar-refractivity contribution in [1.29, 1.82) is 0 Å². The van der Waals surface area contributed by atoms with E-state index in [0.717, 1.165) is 35.2 Å². The molecule has 3 nitrogen and oxygen atoms in total. The number of rotatable bonds is 9. The Kier molecular flexibility index (Phi) is 16.2. The molecule has 0 bridgehead atoms. The quantitative estimate of drug-likeness (QED) is 0.182. The van der Waals surface area contributed by atoms with E-state index in [9.17, 15) is 13.7 Å². The van der Waals surface area contributed by atoms with Gasteiger partial charge in [0.05, 0.1) is 0 Å². The first-order chi connectivity index (χ1) is 18.1. The van der Waals surface area contributed by atoms with Crippen LogP contribution in [0.1, 0.15) is 100.0 Å². The Labute approximate surface area is 232 Å². The molecule has 3 rings (SSSR count). The summed E-state index contributed by atoms with van der Waals surface area (Å²) in [5.74, 6) is 1.33. The number of halogens is 2. The van der Waals surface area contributed by atoms with E-state index in [-0.39, 0.29) is 40.4 Å². The number of amides is 1. The van der Waals surface area contributed by atoms with Gasteiger partial charge in [0.1, 0.15) is 5.82 Å². The Bertz CT molecular complexity index is 982. The first-order valence-corrected chi connectivity index (χ1v) is 14.4. The van der Waals surface area contributed by atoms with E-state index >= 15 is 0 Å². The molecule has 0 aromatic heterocycles. The summed E-state index contributed by atoms with van der Waals surface area (Å²) in [5.41, 5.74) is 4.05. The second-order valence-corrected chi connectivity index (χ2v) is 9.53.